The lowest BCUT2D eigenvalue weighted by Gasteiger charge is -2.20. The molecule has 0 atom stereocenters. The molecular weight excluding hydrogens is 366 g/mol. The molecule has 0 unspecified atom stereocenters. The number of methoxy groups -OCH3 is 1. The Labute approximate surface area is 172 Å². The minimum Gasteiger partial charge on any atom is -0.494 e. The summed E-state index contributed by atoms with van der Waals surface area (Å²) in [4.78, 5) is 28.7. The predicted octanol–water partition coefficient (Wildman–Crippen LogP) is 3.92. The maximum atomic E-state index is 12.6. The number of benzene rings is 2. The molecule has 1 aliphatic heterocycles. The molecule has 2 aromatic carbocycles. The third-order valence-corrected chi connectivity index (χ3v) is 5.32. The van der Waals surface area contributed by atoms with Crippen LogP contribution < -0.4 is 15.0 Å². The second-order valence-electron chi connectivity index (χ2n) is 7.15. The van der Waals surface area contributed by atoms with E-state index in [0.29, 0.717) is 30.0 Å². The van der Waals surface area contributed by atoms with Crippen molar-refractivity contribution in [1.82, 2.24) is 4.90 Å². The van der Waals surface area contributed by atoms with Crippen LogP contribution in [0.2, 0.25) is 0 Å². The second-order valence-corrected chi connectivity index (χ2v) is 7.15. The molecule has 0 bridgehead atoms. The molecule has 2 amide bonds. The summed E-state index contributed by atoms with van der Waals surface area (Å²) in [5, 5.41) is 2.91. The van der Waals surface area contributed by atoms with E-state index in [0.717, 1.165) is 31.7 Å². The highest BCUT2D eigenvalue weighted by atomic mass is 16.5. The molecule has 29 heavy (non-hydrogen) atoms. The van der Waals surface area contributed by atoms with E-state index in [9.17, 15) is 9.59 Å². The number of carbonyl (C=O) groups is 2. The van der Waals surface area contributed by atoms with Gasteiger partial charge >= 0.3 is 0 Å². The van der Waals surface area contributed by atoms with Gasteiger partial charge in [0.25, 0.3) is 5.91 Å². The van der Waals surface area contributed by atoms with Gasteiger partial charge in [0.15, 0.2) is 0 Å². The maximum Gasteiger partial charge on any atom is 0.255 e. The number of rotatable bonds is 8. The van der Waals surface area contributed by atoms with Crippen molar-refractivity contribution in [3.8, 4) is 5.75 Å². The van der Waals surface area contributed by atoms with Crippen LogP contribution in [0.1, 0.15) is 42.6 Å². The van der Waals surface area contributed by atoms with E-state index in [-0.39, 0.29) is 11.8 Å². The van der Waals surface area contributed by atoms with Crippen LogP contribution in [0.4, 0.5) is 11.4 Å². The first kappa shape index (κ1) is 20.9. The molecule has 2 aromatic rings. The lowest BCUT2D eigenvalue weighted by Crippen LogP contribution is -2.24. The molecule has 1 saturated heterocycles. The Bertz CT molecular complexity index is 860. The molecule has 154 valence electrons. The Morgan fingerprint density at radius 3 is 2.45 bits per heavy atom. The summed E-state index contributed by atoms with van der Waals surface area (Å²) in [5.74, 6) is 0.504. The van der Waals surface area contributed by atoms with E-state index in [2.05, 4.69) is 24.1 Å². The lowest BCUT2D eigenvalue weighted by molar-refractivity contribution is -0.117. The Morgan fingerprint density at radius 2 is 1.86 bits per heavy atom. The van der Waals surface area contributed by atoms with E-state index in [1.54, 1.807) is 24.1 Å². The van der Waals surface area contributed by atoms with Gasteiger partial charge in [-0.25, -0.2) is 0 Å². The quantitative estimate of drug-likeness (QED) is 0.736. The summed E-state index contributed by atoms with van der Waals surface area (Å²) in [6.07, 6.45) is 1.41. The van der Waals surface area contributed by atoms with Gasteiger partial charge < -0.3 is 15.0 Å². The number of hydrogen-bond donors (Lipinski definition) is 1. The van der Waals surface area contributed by atoms with Gasteiger partial charge in [-0.1, -0.05) is 26.0 Å². The lowest BCUT2D eigenvalue weighted by atomic mass is 10.1. The van der Waals surface area contributed by atoms with E-state index in [4.69, 9.17) is 4.74 Å². The van der Waals surface area contributed by atoms with Crippen LogP contribution in [0.3, 0.4) is 0 Å². The summed E-state index contributed by atoms with van der Waals surface area (Å²) in [6.45, 7) is 7.86. The van der Waals surface area contributed by atoms with Crippen molar-refractivity contribution in [1.29, 1.82) is 0 Å². The molecule has 1 heterocycles. The first-order valence-corrected chi connectivity index (χ1v) is 10.2. The number of hydrogen-bond acceptors (Lipinski definition) is 4. The highest BCUT2D eigenvalue weighted by Gasteiger charge is 2.24. The average Bonchev–Trinajstić information content (AvgIpc) is 3.17. The minimum atomic E-state index is -0.175. The smallest absolute Gasteiger partial charge is 0.255 e. The number of ether oxygens (including phenoxy) is 1. The highest BCUT2D eigenvalue weighted by molar-refractivity contribution is 6.05. The van der Waals surface area contributed by atoms with Crippen LogP contribution >= 0.6 is 0 Å². The molecular formula is C23H29N3O3. The van der Waals surface area contributed by atoms with Gasteiger partial charge in [-0.15, -0.1) is 0 Å². The average molecular weight is 396 g/mol. The molecule has 6 nitrogen and oxygen atoms in total. The molecule has 1 aliphatic rings. The van der Waals surface area contributed by atoms with Crippen molar-refractivity contribution >= 4 is 23.2 Å². The van der Waals surface area contributed by atoms with E-state index >= 15 is 0 Å². The number of carbonyl (C=O) groups excluding carboxylic acids is 2. The molecule has 0 aliphatic carbocycles. The zero-order chi connectivity index (χ0) is 20.8. The van der Waals surface area contributed by atoms with Gasteiger partial charge in [0, 0.05) is 36.8 Å². The van der Waals surface area contributed by atoms with Gasteiger partial charge in [0.2, 0.25) is 5.91 Å². The summed E-state index contributed by atoms with van der Waals surface area (Å²) in [6, 6.07) is 13.1. The van der Waals surface area contributed by atoms with Crippen LogP contribution in [0.5, 0.6) is 5.75 Å². The van der Waals surface area contributed by atoms with Crippen LogP contribution in [-0.4, -0.2) is 43.5 Å². The first-order valence-electron chi connectivity index (χ1n) is 10.2. The Morgan fingerprint density at radius 1 is 1.14 bits per heavy atom. The largest absolute Gasteiger partial charge is 0.494 e. The van der Waals surface area contributed by atoms with Crippen molar-refractivity contribution in [3.63, 3.8) is 0 Å². The molecule has 1 fully saturated rings. The predicted molar refractivity (Wildman–Crippen MR) is 116 cm³/mol. The monoisotopic (exact) mass is 395 g/mol. The number of amides is 2. The molecule has 6 heteroatoms. The van der Waals surface area contributed by atoms with Gasteiger partial charge in [0.1, 0.15) is 5.75 Å². The molecule has 1 N–H and O–H groups in total. The Balaban J connectivity index is 1.69. The Hall–Kier alpha value is -2.86. The summed E-state index contributed by atoms with van der Waals surface area (Å²) in [7, 11) is 1.57. The zero-order valence-electron chi connectivity index (χ0n) is 17.4. The fourth-order valence-electron chi connectivity index (χ4n) is 3.55. The normalized spacial score (nSPS) is 13.8. The first-order chi connectivity index (χ1) is 14.0. The molecule has 0 spiro atoms. The van der Waals surface area contributed by atoms with Crippen LogP contribution in [0.25, 0.3) is 0 Å². The van der Waals surface area contributed by atoms with E-state index < -0.39 is 0 Å². The molecule has 0 aromatic heterocycles. The Kier molecular flexibility index (Phi) is 6.88. The third kappa shape index (κ3) is 4.95. The number of nitrogens with one attached hydrogen (secondary N) is 1. The standard InChI is InChI=1S/C23H29N3O3/c1-4-25(5-2)16-17-8-10-18(11-9-17)23(28)24-19-12-13-20(21(15-19)29-3)26-14-6-7-22(26)27/h8-13,15H,4-7,14,16H2,1-3H3,(H,24,28). The molecule has 3 rings (SSSR count). The van der Waals surface area contributed by atoms with Crippen molar-refractivity contribution in [3.05, 3.63) is 53.6 Å². The zero-order valence-corrected chi connectivity index (χ0v) is 17.4. The summed E-state index contributed by atoms with van der Waals surface area (Å²) >= 11 is 0. The van der Waals surface area contributed by atoms with Crippen molar-refractivity contribution in [2.24, 2.45) is 0 Å². The third-order valence-electron chi connectivity index (χ3n) is 5.32. The van der Waals surface area contributed by atoms with Crippen LogP contribution in [-0.2, 0) is 11.3 Å². The van der Waals surface area contributed by atoms with E-state index in [1.807, 2.05) is 30.3 Å². The fraction of sp³-hybridized carbons (Fsp3) is 0.391. The van der Waals surface area contributed by atoms with Crippen molar-refractivity contribution < 1.29 is 14.3 Å². The summed E-state index contributed by atoms with van der Waals surface area (Å²) < 4.78 is 5.46. The van der Waals surface area contributed by atoms with Crippen molar-refractivity contribution in [2.45, 2.75) is 33.2 Å². The van der Waals surface area contributed by atoms with E-state index in [1.165, 1.54) is 5.56 Å². The van der Waals surface area contributed by atoms with Crippen LogP contribution in [0, 0.1) is 0 Å². The highest BCUT2D eigenvalue weighted by Crippen LogP contribution is 2.34. The maximum absolute atomic E-state index is 12.6. The number of anilines is 2. The van der Waals surface area contributed by atoms with Crippen molar-refractivity contribution in [2.75, 3.05) is 37.0 Å². The topological polar surface area (TPSA) is 61.9 Å². The minimum absolute atomic E-state index is 0.102. The van der Waals surface area contributed by atoms with Gasteiger partial charge in [-0.05, 0) is 49.3 Å². The molecule has 0 radical (unpaired) electrons. The van der Waals surface area contributed by atoms with Gasteiger partial charge in [-0.2, -0.15) is 0 Å². The SMILES string of the molecule is CCN(CC)Cc1ccc(C(=O)Nc2ccc(N3CCCC3=O)c(OC)c2)cc1. The molecule has 0 saturated carbocycles. The number of nitrogens with zero attached hydrogens (tertiary/aromatic N) is 2. The second kappa shape index (κ2) is 9.56. The fourth-order valence-corrected chi connectivity index (χ4v) is 3.55. The van der Waals surface area contributed by atoms with Gasteiger partial charge in [0.05, 0.1) is 12.8 Å². The summed E-state index contributed by atoms with van der Waals surface area (Å²) in [5.41, 5.74) is 3.17. The van der Waals surface area contributed by atoms with Gasteiger partial charge in [-0.3, -0.25) is 14.5 Å². The van der Waals surface area contributed by atoms with Crippen LogP contribution in [0.15, 0.2) is 42.5 Å².